The van der Waals surface area contributed by atoms with Crippen molar-refractivity contribution in [1.82, 2.24) is 0 Å². The highest BCUT2D eigenvalue weighted by Gasteiger charge is 2.08. The lowest BCUT2D eigenvalue weighted by Crippen LogP contribution is -2.09. The fraction of sp³-hybridized carbons (Fsp3) is 0. The predicted molar refractivity (Wildman–Crippen MR) is 89.3 cm³/mol. The Labute approximate surface area is 138 Å². The fourth-order valence-corrected chi connectivity index (χ4v) is 2.71. The van der Waals surface area contributed by atoms with E-state index in [2.05, 4.69) is 31.9 Å². The van der Waals surface area contributed by atoms with Crippen LogP contribution in [0.3, 0.4) is 0 Å². The molecule has 0 radical (unpaired) electrons. The number of ether oxygens (including phenoxy) is 1. The summed E-state index contributed by atoms with van der Waals surface area (Å²) >= 11 is 17.8. The van der Waals surface area contributed by atoms with Gasteiger partial charge in [-0.05, 0) is 52.3 Å². The predicted octanol–water partition coefficient (Wildman–Crippen LogP) is 5.29. The summed E-state index contributed by atoms with van der Waals surface area (Å²) in [7, 11) is 0. The number of hydrogen-bond donors (Lipinski definition) is 1. The van der Waals surface area contributed by atoms with Gasteiger partial charge in [-0.1, -0.05) is 39.7 Å². The van der Waals surface area contributed by atoms with Crippen LogP contribution in [0, 0.1) is 0 Å². The van der Waals surface area contributed by atoms with Crippen LogP contribution >= 0.6 is 55.7 Å². The van der Waals surface area contributed by atoms with E-state index in [1.165, 1.54) is 0 Å². The van der Waals surface area contributed by atoms with E-state index >= 15 is 0 Å². The molecule has 0 aromatic heterocycles. The summed E-state index contributed by atoms with van der Waals surface area (Å²) in [6.45, 7) is 0. The Bertz CT molecular complexity index is 649. The molecule has 2 N–H and O–H groups in total. The van der Waals surface area contributed by atoms with Gasteiger partial charge in [0.2, 0.25) is 0 Å². The standard InChI is InChI=1S/C13H8Br2ClNOS/c14-8-2-4-12(10(16)6-8)18-11-3-1-7(13(17)19)5-9(11)15/h1-6H,(H2,17,19). The molecule has 0 fully saturated rings. The smallest absolute Gasteiger partial charge is 0.146 e. The minimum absolute atomic E-state index is 0.342. The second kappa shape index (κ2) is 6.22. The second-order valence-electron chi connectivity index (χ2n) is 3.69. The van der Waals surface area contributed by atoms with Gasteiger partial charge in [-0.3, -0.25) is 0 Å². The van der Waals surface area contributed by atoms with Crippen LogP contribution < -0.4 is 10.5 Å². The minimum atomic E-state index is 0.342. The van der Waals surface area contributed by atoms with Crippen molar-refractivity contribution in [2.45, 2.75) is 0 Å². The third-order valence-corrected chi connectivity index (χ3v) is 3.97. The fourth-order valence-electron chi connectivity index (χ4n) is 1.41. The molecule has 0 unspecified atom stereocenters. The van der Waals surface area contributed by atoms with Crippen LogP contribution in [0.15, 0.2) is 45.3 Å². The maximum Gasteiger partial charge on any atom is 0.146 e. The minimum Gasteiger partial charge on any atom is -0.455 e. The summed E-state index contributed by atoms with van der Waals surface area (Å²) in [6.07, 6.45) is 0. The summed E-state index contributed by atoms with van der Waals surface area (Å²) in [5, 5.41) is 0.527. The zero-order chi connectivity index (χ0) is 14.0. The average Bonchev–Trinajstić information content (AvgIpc) is 2.34. The number of hydrogen-bond acceptors (Lipinski definition) is 2. The Morgan fingerprint density at radius 3 is 2.37 bits per heavy atom. The van der Waals surface area contributed by atoms with Crippen LogP contribution in [0.1, 0.15) is 5.56 Å². The van der Waals surface area contributed by atoms with Crippen molar-refractivity contribution < 1.29 is 4.74 Å². The normalized spacial score (nSPS) is 10.3. The zero-order valence-electron chi connectivity index (χ0n) is 9.49. The Kier molecular flexibility index (Phi) is 4.84. The largest absolute Gasteiger partial charge is 0.455 e. The van der Waals surface area contributed by atoms with Gasteiger partial charge in [0.1, 0.15) is 16.5 Å². The SMILES string of the molecule is NC(=S)c1ccc(Oc2ccc(Br)cc2Cl)c(Br)c1. The van der Waals surface area contributed by atoms with Gasteiger partial charge < -0.3 is 10.5 Å². The highest BCUT2D eigenvalue weighted by atomic mass is 79.9. The monoisotopic (exact) mass is 419 g/mol. The van der Waals surface area contributed by atoms with Gasteiger partial charge >= 0.3 is 0 Å². The maximum absolute atomic E-state index is 6.10. The van der Waals surface area contributed by atoms with Gasteiger partial charge in [-0.15, -0.1) is 0 Å². The molecule has 0 heterocycles. The van der Waals surface area contributed by atoms with E-state index in [0.29, 0.717) is 21.5 Å². The first kappa shape index (κ1) is 14.8. The molecule has 0 saturated carbocycles. The third-order valence-electron chi connectivity index (χ3n) is 2.33. The summed E-state index contributed by atoms with van der Waals surface area (Å²) in [5.74, 6) is 1.22. The maximum atomic E-state index is 6.10. The Hall–Kier alpha value is -0.620. The first-order valence-corrected chi connectivity index (χ1v) is 7.57. The molecule has 0 bridgehead atoms. The van der Waals surface area contributed by atoms with Gasteiger partial charge in [0.05, 0.1) is 9.50 Å². The first-order chi connectivity index (χ1) is 8.97. The Morgan fingerprint density at radius 1 is 1.11 bits per heavy atom. The molecular weight excluding hydrogens is 413 g/mol. The molecule has 0 amide bonds. The third kappa shape index (κ3) is 3.69. The molecule has 2 rings (SSSR count). The van der Waals surface area contributed by atoms with Crippen molar-refractivity contribution in [3.63, 3.8) is 0 Å². The van der Waals surface area contributed by atoms with Crippen LogP contribution in [0.2, 0.25) is 5.02 Å². The number of halogens is 3. The van der Waals surface area contributed by atoms with Crippen molar-refractivity contribution in [2.75, 3.05) is 0 Å². The molecule has 0 atom stereocenters. The molecule has 6 heteroatoms. The van der Waals surface area contributed by atoms with E-state index in [1.54, 1.807) is 24.3 Å². The van der Waals surface area contributed by atoms with Crippen molar-refractivity contribution in [3.8, 4) is 11.5 Å². The van der Waals surface area contributed by atoms with Crippen molar-refractivity contribution in [2.24, 2.45) is 5.73 Å². The lowest BCUT2D eigenvalue weighted by Gasteiger charge is -2.10. The van der Waals surface area contributed by atoms with Crippen molar-refractivity contribution in [1.29, 1.82) is 0 Å². The van der Waals surface area contributed by atoms with Crippen LogP contribution in [0.4, 0.5) is 0 Å². The lowest BCUT2D eigenvalue weighted by atomic mass is 10.2. The molecule has 0 aliphatic heterocycles. The van der Waals surface area contributed by atoms with Gasteiger partial charge in [0.25, 0.3) is 0 Å². The van der Waals surface area contributed by atoms with E-state index in [0.717, 1.165) is 14.5 Å². The number of benzene rings is 2. The molecule has 0 aliphatic rings. The summed E-state index contributed by atoms with van der Waals surface area (Å²) in [5.41, 5.74) is 6.34. The van der Waals surface area contributed by atoms with Crippen molar-refractivity contribution >= 4 is 60.7 Å². The van der Waals surface area contributed by atoms with Crippen molar-refractivity contribution in [3.05, 3.63) is 55.9 Å². The van der Waals surface area contributed by atoms with E-state index in [9.17, 15) is 0 Å². The first-order valence-electron chi connectivity index (χ1n) is 5.19. The van der Waals surface area contributed by atoms with Crippen LogP contribution in [0.25, 0.3) is 0 Å². The van der Waals surface area contributed by atoms with E-state index in [4.69, 9.17) is 34.3 Å². The Morgan fingerprint density at radius 2 is 1.79 bits per heavy atom. The molecule has 2 aromatic carbocycles. The molecule has 2 nitrogen and oxygen atoms in total. The number of thiocarbonyl (C=S) groups is 1. The number of rotatable bonds is 3. The van der Waals surface area contributed by atoms with E-state index in [-0.39, 0.29) is 0 Å². The van der Waals surface area contributed by atoms with Gasteiger partial charge in [-0.2, -0.15) is 0 Å². The highest BCUT2D eigenvalue weighted by molar-refractivity contribution is 9.10. The lowest BCUT2D eigenvalue weighted by molar-refractivity contribution is 0.480. The summed E-state index contributed by atoms with van der Waals surface area (Å²) < 4.78 is 7.40. The summed E-state index contributed by atoms with van der Waals surface area (Å²) in [6, 6.07) is 10.8. The van der Waals surface area contributed by atoms with Crippen LogP contribution in [-0.2, 0) is 0 Å². The van der Waals surface area contributed by atoms with Gasteiger partial charge in [0.15, 0.2) is 0 Å². The molecule has 2 aromatic rings. The van der Waals surface area contributed by atoms with E-state index in [1.807, 2.05) is 12.1 Å². The number of nitrogens with two attached hydrogens (primary N) is 1. The topological polar surface area (TPSA) is 35.2 Å². The van der Waals surface area contributed by atoms with Gasteiger partial charge in [-0.25, -0.2) is 0 Å². The van der Waals surface area contributed by atoms with E-state index < -0.39 is 0 Å². The second-order valence-corrected chi connectivity index (χ2v) is 6.30. The van der Waals surface area contributed by atoms with Crippen LogP contribution in [0.5, 0.6) is 11.5 Å². The zero-order valence-corrected chi connectivity index (χ0v) is 14.2. The molecule has 19 heavy (non-hydrogen) atoms. The highest BCUT2D eigenvalue weighted by Crippen LogP contribution is 2.35. The average molecular weight is 422 g/mol. The summed E-state index contributed by atoms with van der Waals surface area (Å²) in [4.78, 5) is 0.342. The molecule has 0 saturated heterocycles. The molecule has 98 valence electrons. The van der Waals surface area contributed by atoms with Crippen LogP contribution in [-0.4, -0.2) is 4.99 Å². The van der Waals surface area contributed by atoms with Gasteiger partial charge in [0, 0.05) is 10.0 Å². The molecule has 0 spiro atoms. The Balaban J connectivity index is 2.31. The molecule has 0 aliphatic carbocycles. The molecular formula is C13H8Br2ClNOS. The quantitative estimate of drug-likeness (QED) is 0.684.